The van der Waals surface area contributed by atoms with Gasteiger partial charge < -0.3 is 14.6 Å². The highest BCUT2D eigenvalue weighted by Gasteiger charge is 2.20. The van der Waals surface area contributed by atoms with Gasteiger partial charge in [-0.2, -0.15) is 0 Å². The van der Waals surface area contributed by atoms with Gasteiger partial charge in [-0.1, -0.05) is 41.9 Å². The van der Waals surface area contributed by atoms with Crippen molar-refractivity contribution in [3.8, 4) is 0 Å². The molecule has 5 nitrogen and oxygen atoms in total. The average molecular weight is 479 g/mol. The third-order valence-electron chi connectivity index (χ3n) is 5.16. The number of nitrogens with zero attached hydrogens (tertiary/aromatic N) is 1. The molecule has 1 aromatic heterocycles. The predicted molar refractivity (Wildman–Crippen MR) is 133 cm³/mol. The Morgan fingerprint density at radius 2 is 1.67 bits per heavy atom. The molecule has 0 aliphatic heterocycles. The second-order valence-corrected chi connectivity index (χ2v) is 9.21. The van der Waals surface area contributed by atoms with E-state index in [2.05, 4.69) is 5.32 Å². The smallest absolute Gasteiger partial charge is 0.287 e. The van der Waals surface area contributed by atoms with Gasteiger partial charge in [-0.25, -0.2) is 0 Å². The molecule has 1 heterocycles. The van der Waals surface area contributed by atoms with Gasteiger partial charge in [0.15, 0.2) is 5.76 Å². The van der Waals surface area contributed by atoms with Crippen LogP contribution < -0.4 is 5.32 Å². The summed E-state index contributed by atoms with van der Waals surface area (Å²) in [5.41, 5.74) is 3.04. The Morgan fingerprint density at radius 3 is 2.36 bits per heavy atom. The molecular weight excluding hydrogens is 456 g/mol. The van der Waals surface area contributed by atoms with E-state index >= 15 is 0 Å². The molecule has 0 radical (unpaired) electrons. The first-order valence-corrected chi connectivity index (χ1v) is 11.8. The first-order chi connectivity index (χ1) is 15.9. The molecule has 0 aliphatic carbocycles. The molecule has 168 valence electrons. The van der Waals surface area contributed by atoms with E-state index in [0.717, 1.165) is 21.4 Å². The van der Waals surface area contributed by atoms with E-state index in [1.54, 1.807) is 38.0 Å². The highest BCUT2D eigenvalue weighted by atomic mass is 35.5. The van der Waals surface area contributed by atoms with Crippen LogP contribution in [0.3, 0.4) is 0 Å². The minimum Gasteiger partial charge on any atom is -0.451 e. The Morgan fingerprint density at radius 1 is 0.970 bits per heavy atom. The fraction of sp³-hybridized carbons (Fsp3) is 0.154. The van der Waals surface area contributed by atoms with Crippen LogP contribution in [0.25, 0.3) is 11.0 Å². The number of carbonyl (C=O) groups excluding carboxylic acids is 2. The van der Waals surface area contributed by atoms with Crippen molar-refractivity contribution in [1.29, 1.82) is 0 Å². The normalized spacial score (nSPS) is 10.9. The highest BCUT2D eigenvalue weighted by molar-refractivity contribution is 7.98. The van der Waals surface area contributed by atoms with Crippen LogP contribution in [0, 0.1) is 0 Å². The SMILES string of the molecule is CN(C)C(=O)c1ccc(CNC(=O)c2oc3ccccc3c2CSc2ccc(Cl)cc2)cc1. The first-order valence-electron chi connectivity index (χ1n) is 10.4. The zero-order valence-corrected chi connectivity index (χ0v) is 19.9. The Kier molecular flexibility index (Phi) is 7.06. The van der Waals surface area contributed by atoms with Gasteiger partial charge in [-0.05, 0) is 48.0 Å². The summed E-state index contributed by atoms with van der Waals surface area (Å²) in [5, 5.41) is 4.55. The molecule has 0 bridgehead atoms. The molecular formula is C26H23ClN2O3S. The predicted octanol–water partition coefficient (Wildman–Crippen LogP) is 6.01. The fourth-order valence-corrected chi connectivity index (χ4v) is 4.45. The average Bonchev–Trinajstić information content (AvgIpc) is 3.20. The maximum absolute atomic E-state index is 13.0. The number of para-hydroxylation sites is 1. The van der Waals surface area contributed by atoms with Crippen LogP contribution in [-0.4, -0.2) is 30.8 Å². The van der Waals surface area contributed by atoms with E-state index in [0.29, 0.717) is 34.2 Å². The summed E-state index contributed by atoms with van der Waals surface area (Å²) < 4.78 is 5.94. The van der Waals surface area contributed by atoms with Crippen LogP contribution in [0.5, 0.6) is 0 Å². The van der Waals surface area contributed by atoms with Crippen LogP contribution in [-0.2, 0) is 12.3 Å². The largest absolute Gasteiger partial charge is 0.451 e. The van der Waals surface area contributed by atoms with Gasteiger partial charge >= 0.3 is 0 Å². The quantitative estimate of drug-likeness (QED) is 0.330. The lowest BCUT2D eigenvalue weighted by molar-refractivity contribution is 0.0827. The van der Waals surface area contributed by atoms with Gasteiger partial charge in [0.05, 0.1) is 0 Å². The summed E-state index contributed by atoms with van der Waals surface area (Å²) in [6.07, 6.45) is 0. The van der Waals surface area contributed by atoms with Crippen molar-refractivity contribution < 1.29 is 14.0 Å². The van der Waals surface area contributed by atoms with Crippen LogP contribution in [0.2, 0.25) is 5.02 Å². The standard InChI is InChI=1S/C26H23ClN2O3S/c1-29(2)26(31)18-9-7-17(8-10-18)15-28-25(30)24-22(21-5-3-4-6-23(21)32-24)16-33-20-13-11-19(27)12-14-20/h3-14H,15-16H2,1-2H3,(H,28,30). The van der Waals surface area contributed by atoms with E-state index in [4.69, 9.17) is 16.0 Å². The van der Waals surface area contributed by atoms with Crippen molar-refractivity contribution in [3.05, 3.63) is 100 Å². The summed E-state index contributed by atoms with van der Waals surface area (Å²) >= 11 is 7.60. The van der Waals surface area contributed by atoms with E-state index in [1.165, 1.54) is 4.90 Å². The van der Waals surface area contributed by atoms with Crippen LogP contribution in [0.4, 0.5) is 0 Å². The Balaban J connectivity index is 1.50. The van der Waals surface area contributed by atoms with E-state index < -0.39 is 0 Å². The minimum absolute atomic E-state index is 0.0595. The lowest BCUT2D eigenvalue weighted by Crippen LogP contribution is -2.24. The number of rotatable bonds is 7. The molecule has 3 aromatic carbocycles. The molecule has 0 saturated heterocycles. The number of thioether (sulfide) groups is 1. The number of halogens is 1. The molecule has 1 N–H and O–H groups in total. The van der Waals surface area contributed by atoms with E-state index in [9.17, 15) is 9.59 Å². The van der Waals surface area contributed by atoms with Crippen molar-refractivity contribution in [2.75, 3.05) is 14.1 Å². The summed E-state index contributed by atoms with van der Waals surface area (Å²) in [5.74, 6) is 0.571. The van der Waals surface area contributed by atoms with Gasteiger partial charge in [0, 0.05) is 52.8 Å². The summed E-state index contributed by atoms with van der Waals surface area (Å²) in [6.45, 7) is 0.329. The van der Waals surface area contributed by atoms with Gasteiger partial charge in [0.1, 0.15) is 5.58 Å². The zero-order valence-electron chi connectivity index (χ0n) is 18.3. The van der Waals surface area contributed by atoms with Crippen molar-refractivity contribution in [2.45, 2.75) is 17.2 Å². The number of fused-ring (bicyclic) bond motifs is 1. The maximum Gasteiger partial charge on any atom is 0.287 e. The monoisotopic (exact) mass is 478 g/mol. The number of hydrogen-bond donors (Lipinski definition) is 1. The second kappa shape index (κ2) is 10.1. The number of benzene rings is 3. The fourth-order valence-electron chi connectivity index (χ4n) is 3.40. The van der Waals surface area contributed by atoms with Crippen molar-refractivity contribution in [2.24, 2.45) is 0 Å². The summed E-state index contributed by atoms with van der Waals surface area (Å²) in [6, 6.07) is 22.5. The zero-order chi connectivity index (χ0) is 23.4. The van der Waals surface area contributed by atoms with Crippen LogP contribution >= 0.6 is 23.4 Å². The highest BCUT2D eigenvalue weighted by Crippen LogP contribution is 2.32. The van der Waals surface area contributed by atoms with Gasteiger partial charge in [-0.15, -0.1) is 11.8 Å². The topological polar surface area (TPSA) is 62.6 Å². The van der Waals surface area contributed by atoms with Crippen molar-refractivity contribution in [1.82, 2.24) is 10.2 Å². The Hall–Kier alpha value is -3.22. The number of hydrogen-bond acceptors (Lipinski definition) is 4. The van der Waals surface area contributed by atoms with E-state index in [-0.39, 0.29) is 11.8 Å². The lowest BCUT2D eigenvalue weighted by Gasteiger charge is -2.11. The number of amides is 2. The molecule has 0 aliphatic rings. The first kappa shape index (κ1) is 23.0. The molecule has 4 aromatic rings. The van der Waals surface area contributed by atoms with Crippen LogP contribution in [0.15, 0.2) is 82.1 Å². The molecule has 0 spiro atoms. The summed E-state index contributed by atoms with van der Waals surface area (Å²) in [4.78, 5) is 27.7. The van der Waals surface area contributed by atoms with Crippen molar-refractivity contribution >= 4 is 46.1 Å². The van der Waals surface area contributed by atoms with Gasteiger partial charge in [-0.3, -0.25) is 9.59 Å². The molecule has 7 heteroatoms. The van der Waals surface area contributed by atoms with E-state index in [1.807, 2.05) is 60.7 Å². The number of carbonyl (C=O) groups is 2. The molecule has 4 rings (SSSR count). The minimum atomic E-state index is -0.272. The number of nitrogens with one attached hydrogen (secondary N) is 1. The Labute approximate surface area is 201 Å². The molecule has 2 amide bonds. The van der Waals surface area contributed by atoms with Gasteiger partial charge in [0.2, 0.25) is 0 Å². The third-order valence-corrected chi connectivity index (χ3v) is 6.45. The lowest BCUT2D eigenvalue weighted by atomic mass is 10.1. The van der Waals surface area contributed by atoms with Crippen LogP contribution in [0.1, 0.15) is 32.0 Å². The number of furan rings is 1. The molecule has 0 unspecified atom stereocenters. The maximum atomic E-state index is 13.0. The van der Waals surface area contributed by atoms with Gasteiger partial charge in [0.25, 0.3) is 11.8 Å². The second-order valence-electron chi connectivity index (χ2n) is 7.73. The molecule has 0 saturated carbocycles. The van der Waals surface area contributed by atoms with Crippen molar-refractivity contribution in [3.63, 3.8) is 0 Å². The molecule has 0 fully saturated rings. The third kappa shape index (κ3) is 5.41. The Bertz CT molecular complexity index is 1280. The summed E-state index contributed by atoms with van der Waals surface area (Å²) in [7, 11) is 3.43. The molecule has 33 heavy (non-hydrogen) atoms. The molecule has 0 atom stereocenters.